The summed E-state index contributed by atoms with van der Waals surface area (Å²) in [7, 11) is 0. The lowest BCUT2D eigenvalue weighted by atomic mass is 10.1. The first-order chi connectivity index (χ1) is 9.24. The van der Waals surface area contributed by atoms with E-state index in [0.29, 0.717) is 12.6 Å². The van der Waals surface area contributed by atoms with Crippen molar-refractivity contribution in [1.82, 2.24) is 4.90 Å². The van der Waals surface area contributed by atoms with Gasteiger partial charge in [0.2, 0.25) is 0 Å². The van der Waals surface area contributed by atoms with Gasteiger partial charge in [0.1, 0.15) is 5.75 Å². The minimum absolute atomic E-state index is 0.490. The third-order valence-electron chi connectivity index (χ3n) is 3.58. The smallest absolute Gasteiger partial charge is 0.123 e. The van der Waals surface area contributed by atoms with Crippen LogP contribution in [-0.2, 0) is 11.3 Å². The number of hydrogen-bond donors (Lipinski definition) is 1. The lowest BCUT2D eigenvalue weighted by molar-refractivity contribution is -0.0130. The minimum Gasteiger partial charge on any atom is -0.494 e. The number of hydrogen-bond acceptors (Lipinski definition) is 4. The standard InChI is InChI=1S/C15H24N2O2/c1-3-14-11-18-8-7-17(14)10-12-9-13(16)5-6-15(12)19-4-2/h5-6,9,14H,3-4,7-8,10-11,16H2,1-2H3. The van der Waals surface area contributed by atoms with Gasteiger partial charge in [-0.15, -0.1) is 0 Å². The molecule has 0 radical (unpaired) electrons. The number of morpholine rings is 1. The van der Waals surface area contributed by atoms with E-state index in [0.717, 1.165) is 44.2 Å². The fourth-order valence-corrected chi connectivity index (χ4v) is 2.51. The first-order valence-corrected chi connectivity index (χ1v) is 7.07. The summed E-state index contributed by atoms with van der Waals surface area (Å²) in [6.07, 6.45) is 1.10. The van der Waals surface area contributed by atoms with Crippen molar-refractivity contribution in [3.63, 3.8) is 0 Å². The average Bonchev–Trinajstić information content (AvgIpc) is 2.42. The van der Waals surface area contributed by atoms with Gasteiger partial charge in [-0.05, 0) is 31.5 Å². The summed E-state index contributed by atoms with van der Waals surface area (Å²) in [4.78, 5) is 2.46. The molecule has 0 aromatic heterocycles. The monoisotopic (exact) mass is 264 g/mol. The van der Waals surface area contributed by atoms with E-state index in [1.807, 2.05) is 25.1 Å². The Morgan fingerprint density at radius 2 is 2.26 bits per heavy atom. The highest BCUT2D eigenvalue weighted by Crippen LogP contribution is 2.25. The van der Waals surface area contributed by atoms with Crippen molar-refractivity contribution in [2.75, 3.05) is 32.1 Å². The van der Waals surface area contributed by atoms with E-state index < -0.39 is 0 Å². The van der Waals surface area contributed by atoms with Gasteiger partial charge >= 0.3 is 0 Å². The molecule has 0 spiro atoms. The van der Waals surface area contributed by atoms with Crippen LogP contribution in [0.5, 0.6) is 5.75 Å². The van der Waals surface area contributed by atoms with Crippen molar-refractivity contribution in [2.45, 2.75) is 32.9 Å². The SMILES string of the molecule is CCOc1ccc(N)cc1CN1CCOCC1CC. The molecule has 2 N–H and O–H groups in total. The van der Waals surface area contributed by atoms with Crippen LogP contribution >= 0.6 is 0 Å². The molecule has 1 atom stereocenters. The highest BCUT2D eigenvalue weighted by Gasteiger charge is 2.22. The zero-order valence-electron chi connectivity index (χ0n) is 11.9. The van der Waals surface area contributed by atoms with Crippen LogP contribution in [0.4, 0.5) is 5.69 Å². The predicted molar refractivity (Wildman–Crippen MR) is 77.3 cm³/mol. The number of nitrogens with zero attached hydrogens (tertiary/aromatic N) is 1. The predicted octanol–water partition coefficient (Wildman–Crippen LogP) is 2.28. The molecule has 2 rings (SSSR count). The number of anilines is 1. The van der Waals surface area contributed by atoms with Gasteiger partial charge in [-0.2, -0.15) is 0 Å². The zero-order valence-corrected chi connectivity index (χ0v) is 11.9. The summed E-state index contributed by atoms with van der Waals surface area (Å²) >= 11 is 0. The third-order valence-corrected chi connectivity index (χ3v) is 3.58. The molecule has 0 bridgehead atoms. The van der Waals surface area contributed by atoms with Gasteiger partial charge in [-0.1, -0.05) is 6.92 Å². The van der Waals surface area contributed by atoms with Crippen molar-refractivity contribution >= 4 is 5.69 Å². The molecule has 1 saturated heterocycles. The number of ether oxygens (including phenoxy) is 2. The highest BCUT2D eigenvalue weighted by atomic mass is 16.5. The van der Waals surface area contributed by atoms with Crippen LogP contribution in [0, 0.1) is 0 Å². The van der Waals surface area contributed by atoms with Gasteiger partial charge in [0.25, 0.3) is 0 Å². The van der Waals surface area contributed by atoms with Crippen molar-refractivity contribution in [3.8, 4) is 5.75 Å². The molecule has 106 valence electrons. The molecule has 0 saturated carbocycles. The maximum absolute atomic E-state index is 5.90. The fourth-order valence-electron chi connectivity index (χ4n) is 2.51. The molecule has 4 nitrogen and oxygen atoms in total. The summed E-state index contributed by atoms with van der Waals surface area (Å²) in [5, 5.41) is 0. The lowest BCUT2D eigenvalue weighted by Crippen LogP contribution is -2.44. The molecule has 1 aromatic rings. The van der Waals surface area contributed by atoms with E-state index in [2.05, 4.69) is 11.8 Å². The van der Waals surface area contributed by atoms with Gasteiger partial charge < -0.3 is 15.2 Å². The number of rotatable bonds is 5. The minimum atomic E-state index is 0.490. The van der Waals surface area contributed by atoms with Gasteiger partial charge in [0.05, 0.1) is 19.8 Å². The van der Waals surface area contributed by atoms with Crippen molar-refractivity contribution in [1.29, 1.82) is 0 Å². The fraction of sp³-hybridized carbons (Fsp3) is 0.600. The maximum atomic E-state index is 5.90. The van der Waals surface area contributed by atoms with Crippen LogP contribution in [0.1, 0.15) is 25.8 Å². The highest BCUT2D eigenvalue weighted by molar-refractivity contribution is 5.47. The summed E-state index contributed by atoms with van der Waals surface area (Å²) in [6.45, 7) is 8.36. The van der Waals surface area contributed by atoms with E-state index in [1.165, 1.54) is 5.56 Å². The summed E-state index contributed by atoms with van der Waals surface area (Å²) in [5.74, 6) is 0.943. The summed E-state index contributed by atoms with van der Waals surface area (Å²) in [5.41, 5.74) is 7.86. The molecule has 1 heterocycles. The lowest BCUT2D eigenvalue weighted by Gasteiger charge is -2.35. The van der Waals surface area contributed by atoms with E-state index in [9.17, 15) is 0 Å². The normalized spacial score (nSPS) is 20.4. The number of nitrogens with two attached hydrogens (primary N) is 1. The van der Waals surface area contributed by atoms with Crippen LogP contribution in [0.3, 0.4) is 0 Å². The molecule has 19 heavy (non-hydrogen) atoms. The molecular weight excluding hydrogens is 240 g/mol. The maximum Gasteiger partial charge on any atom is 0.123 e. The molecule has 0 amide bonds. The van der Waals surface area contributed by atoms with Crippen LogP contribution in [-0.4, -0.2) is 37.3 Å². The van der Waals surface area contributed by atoms with Gasteiger partial charge in [0, 0.05) is 30.4 Å². The van der Waals surface area contributed by atoms with E-state index in [4.69, 9.17) is 15.2 Å². The molecule has 1 fully saturated rings. The average molecular weight is 264 g/mol. The largest absolute Gasteiger partial charge is 0.494 e. The number of benzene rings is 1. The van der Waals surface area contributed by atoms with Crippen molar-refractivity contribution < 1.29 is 9.47 Å². The Morgan fingerprint density at radius 3 is 3.00 bits per heavy atom. The first-order valence-electron chi connectivity index (χ1n) is 7.07. The van der Waals surface area contributed by atoms with Crippen LogP contribution in [0.15, 0.2) is 18.2 Å². The molecule has 1 aliphatic heterocycles. The van der Waals surface area contributed by atoms with E-state index in [-0.39, 0.29) is 0 Å². The van der Waals surface area contributed by atoms with Gasteiger partial charge in [0.15, 0.2) is 0 Å². The van der Waals surface area contributed by atoms with Gasteiger partial charge in [-0.3, -0.25) is 4.90 Å². The topological polar surface area (TPSA) is 47.7 Å². The Balaban J connectivity index is 2.14. The summed E-state index contributed by atoms with van der Waals surface area (Å²) < 4.78 is 11.2. The van der Waals surface area contributed by atoms with Crippen LogP contribution < -0.4 is 10.5 Å². The van der Waals surface area contributed by atoms with Crippen molar-refractivity contribution in [3.05, 3.63) is 23.8 Å². The Morgan fingerprint density at radius 1 is 1.42 bits per heavy atom. The molecular formula is C15H24N2O2. The molecule has 1 aliphatic rings. The van der Waals surface area contributed by atoms with Gasteiger partial charge in [-0.25, -0.2) is 0 Å². The first kappa shape index (κ1) is 14.2. The van der Waals surface area contributed by atoms with Crippen molar-refractivity contribution in [2.24, 2.45) is 0 Å². The van der Waals surface area contributed by atoms with E-state index >= 15 is 0 Å². The van der Waals surface area contributed by atoms with Crippen LogP contribution in [0.25, 0.3) is 0 Å². The second kappa shape index (κ2) is 6.78. The molecule has 4 heteroatoms. The summed E-state index contributed by atoms with van der Waals surface area (Å²) in [6, 6.07) is 6.37. The Labute approximate surface area is 115 Å². The second-order valence-corrected chi connectivity index (χ2v) is 4.91. The third kappa shape index (κ3) is 3.61. The Hall–Kier alpha value is -1.26. The quantitative estimate of drug-likeness (QED) is 0.829. The zero-order chi connectivity index (χ0) is 13.7. The molecule has 1 aromatic carbocycles. The van der Waals surface area contributed by atoms with Crippen LogP contribution in [0.2, 0.25) is 0 Å². The second-order valence-electron chi connectivity index (χ2n) is 4.91. The molecule has 1 unspecified atom stereocenters. The Bertz CT molecular complexity index is 409. The molecule has 0 aliphatic carbocycles. The number of nitrogen functional groups attached to an aromatic ring is 1. The Kier molecular flexibility index (Phi) is 5.05. The van der Waals surface area contributed by atoms with E-state index in [1.54, 1.807) is 0 Å².